The highest BCUT2D eigenvalue weighted by molar-refractivity contribution is 5.65. The molecule has 4 nitrogen and oxygen atoms in total. The van der Waals surface area contributed by atoms with Crippen LogP contribution in [0.5, 0.6) is 0 Å². The standard InChI is InChI=1S/C5H8N2O2/c1-2-4(3-6)9-5(7)8/h4H,2H2,1H3,(H2,7,8). The molecule has 0 heterocycles. The number of amides is 1. The normalized spacial score (nSPS) is 11.6. The lowest BCUT2D eigenvalue weighted by Gasteiger charge is -2.03. The predicted octanol–water partition coefficient (Wildman–Crippen LogP) is 0.384. The first-order valence-corrected chi connectivity index (χ1v) is 2.56. The Morgan fingerprint density at radius 1 is 2.00 bits per heavy atom. The smallest absolute Gasteiger partial charge is 0.405 e. The van der Waals surface area contributed by atoms with Crippen LogP contribution in [0.4, 0.5) is 4.79 Å². The molecule has 0 saturated carbocycles. The molecule has 50 valence electrons. The van der Waals surface area contributed by atoms with Gasteiger partial charge in [0.25, 0.3) is 0 Å². The van der Waals surface area contributed by atoms with Gasteiger partial charge in [0, 0.05) is 0 Å². The molecule has 0 saturated heterocycles. The summed E-state index contributed by atoms with van der Waals surface area (Å²) >= 11 is 0. The van der Waals surface area contributed by atoms with Crippen LogP contribution in [0.1, 0.15) is 13.3 Å². The fourth-order valence-corrected chi connectivity index (χ4v) is 0.341. The SMILES string of the molecule is CCC(C#N)OC(N)=O. The minimum Gasteiger partial charge on any atom is -0.431 e. The minimum atomic E-state index is -0.900. The monoisotopic (exact) mass is 128 g/mol. The van der Waals surface area contributed by atoms with Crippen LogP contribution in [0.15, 0.2) is 0 Å². The van der Waals surface area contributed by atoms with Crippen LogP contribution in [0.25, 0.3) is 0 Å². The second kappa shape index (κ2) is 3.72. The Morgan fingerprint density at radius 3 is 2.67 bits per heavy atom. The molecule has 1 amide bonds. The number of ether oxygens (including phenoxy) is 1. The maximum Gasteiger partial charge on any atom is 0.405 e. The molecule has 4 heteroatoms. The number of nitriles is 1. The van der Waals surface area contributed by atoms with E-state index < -0.39 is 12.2 Å². The van der Waals surface area contributed by atoms with Gasteiger partial charge in [-0.25, -0.2) is 4.79 Å². The van der Waals surface area contributed by atoms with Crippen molar-refractivity contribution in [1.29, 1.82) is 5.26 Å². The van der Waals surface area contributed by atoms with Crippen molar-refractivity contribution in [3.8, 4) is 6.07 Å². The average Bonchev–Trinajstić information content (AvgIpc) is 1.82. The first kappa shape index (κ1) is 7.76. The Labute approximate surface area is 53.2 Å². The van der Waals surface area contributed by atoms with E-state index in [0.29, 0.717) is 6.42 Å². The minimum absolute atomic E-state index is 0.472. The van der Waals surface area contributed by atoms with E-state index in [0.717, 1.165) is 0 Å². The molecule has 0 aliphatic heterocycles. The number of primary amides is 1. The lowest BCUT2D eigenvalue weighted by molar-refractivity contribution is 0.130. The Hall–Kier alpha value is -1.24. The highest BCUT2D eigenvalue weighted by atomic mass is 16.6. The number of rotatable bonds is 2. The molecule has 0 aromatic heterocycles. The fraction of sp³-hybridized carbons (Fsp3) is 0.600. The van der Waals surface area contributed by atoms with Crippen molar-refractivity contribution in [2.24, 2.45) is 5.73 Å². The molecular formula is C5H8N2O2. The van der Waals surface area contributed by atoms with E-state index in [2.05, 4.69) is 10.5 Å². The summed E-state index contributed by atoms with van der Waals surface area (Å²) in [6, 6.07) is 1.76. The maximum absolute atomic E-state index is 9.98. The second-order valence-corrected chi connectivity index (χ2v) is 1.46. The summed E-state index contributed by atoms with van der Waals surface area (Å²) in [4.78, 5) is 9.98. The van der Waals surface area contributed by atoms with E-state index in [-0.39, 0.29) is 0 Å². The summed E-state index contributed by atoms with van der Waals surface area (Å²) in [6.45, 7) is 1.73. The van der Waals surface area contributed by atoms with Crippen LogP contribution >= 0.6 is 0 Å². The quantitative estimate of drug-likeness (QED) is 0.584. The lowest BCUT2D eigenvalue weighted by atomic mass is 10.3. The summed E-state index contributed by atoms with van der Waals surface area (Å²) in [7, 11) is 0. The number of hydrogen-bond donors (Lipinski definition) is 1. The zero-order chi connectivity index (χ0) is 7.28. The van der Waals surface area contributed by atoms with Crippen molar-refractivity contribution in [2.75, 3.05) is 0 Å². The molecule has 0 aromatic rings. The Morgan fingerprint density at radius 2 is 2.56 bits per heavy atom. The van der Waals surface area contributed by atoms with Gasteiger partial charge in [0.1, 0.15) is 6.07 Å². The van der Waals surface area contributed by atoms with E-state index in [1.54, 1.807) is 13.0 Å². The average molecular weight is 128 g/mol. The highest BCUT2D eigenvalue weighted by Gasteiger charge is 2.05. The lowest BCUT2D eigenvalue weighted by Crippen LogP contribution is -2.20. The van der Waals surface area contributed by atoms with Crippen molar-refractivity contribution in [1.82, 2.24) is 0 Å². The third kappa shape index (κ3) is 3.35. The van der Waals surface area contributed by atoms with Gasteiger partial charge in [-0.3, -0.25) is 0 Å². The Bertz CT molecular complexity index is 138. The van der Waals surface area contributed by atoms with Crippen molar-refractivity contribution < 1.29 is 9.53 Å². The molecule has 0 aliphatic carbocycles. The zero-order valence-corrected chi connectivity index (χ0v) is 5.13. The van der Waals surface area contributed by atoms with Gasteiger partial charge in [0.2, 0.25) is 0 Å². The maximum atomic E-state index is 9.98. The first-order chi connectivity index (χ1) is 4.20. The van der Waals surface area contributed by atoms with E-state index >= 15 is 0 Å². The fourth-order valence-electron chi connectivity index (χ4n) is 0.341. The number of nitrogens with two attached hydrogens (primary N) is 1. The molecule has 0 radical (unpaired) electrons. The second-order valence-electron chi connectivity index (χ2n) is 1.46. The van der Waals surface area contributed by atoms with Gasteiger partial charge in [-0.2, -0.15) is 5.26 Å². The third-order valence-corrected chi connectivity index (χ3v) is 0.773. The topological polar surface area (TPSA) is 76.1 Å². The van der Waals surface area contributed by atoms with Crippen LogP contribution in [0.2, 0.25) is 0 Å². The van der Waals surface area contributed by atoms with Crippen molar-refractivity contribution in [3.05, 3.63) is 0 Å². The summed E-state index contributed by atoms with van der Waals surface area (Å²) in [5.41, 5.74) is 4.63. The van der Waals surface area contributed by atoms with E-state index in [9.17, 15) is 4.79 Å². The van der Waals surface area contributed by atoms with Gasteiger partial charge in [-0.1, -0.05) is 6.92 Å². The summed E-state index contributed by atoms with van der Waals surface area (Å²) in [6.07, 6.45) is -1.12. The number of nitrogens with zero attached hydrogens (tertiary/aromatic N) is 1. The molecule has 0 aromatic carbocycles. The summed E-state index contributed by atoms with van der Waals surface area (Å²) in [5, 5.41) is 8.19. The summed E-state index contributed by atoms with van der Waals surface area (Å²) in [5.74, 6) is 0. The molecule has 0 aliphatic rings. The summed E-state index contributed by atoms with van der Waals surface area (Å²) < 4.78 is 4.33. The molecule has 1 atom stereocenters. The Balaban J connectivity index is 3.60. The highest BCUT2D eigenvalue weighted by Crippen LogP contribution is 1.93. The van der Waals surface area contributed by atoms with Gasteiger partial charge in [0.05, 0.1) is 0 Å². The number of carbonyl (C=O) groups is 1. The van der Waals surface area contributed by atoms with E-state index in [1.807, 2.05) is 0 Å². The number of hydrogen-bond acceptors (Lipinski definition) is 3. The number of carbonyl (C=O) groups excluding carboxylic acids is 1. The molecule has 0 spiro atoms. The van der Waals surface area contributed by atoms with Crippen LogP contribution in [0.3, 0.4) is 0 Å². The molecule has 0 bridgehead atoms. The predicted molar refractivity (Wildman–Crippen MR) is 30.4 cm³/mol. The Kier molecular flexibility index (Phi) is 3.21. The van der Waals surface area contributed by atoms with Crippen molar-refractivity contribution in [2.45, 2.75) is 19.4 Å². The van der Waals surface area contributed by atoms with E-state index in [4.69, 9.17) is 5.26 Å². The van der Waals surface area contributed by atoms with Gasteiger partial charge in [-0.15, -0.1) is 0 Å². The van der Waals surface area contributed by atoms with Crippen molar-refractivity contribution >= 4 is 6.09 Å². The van der Waals surface area contributed by atoms with Crippen molar-refractivity contribution in [3.63, 3.8) is 0 Å². The first-order valence-electron chi connectivity index (χ1n) is 2.56. The zero-order valence-electron chi connectivity index (χ0n) is 5.13. The van der Waals surface area contributed by atoms with Gasteiger partial charge in [0.15, 0.2) is 6.10 Å². The third-order valence-electron chi connectivity index (χ3n) is 0.773. The largest absolute Gasteiger partial charge is 0.431 e. The molecule has 0 fully saturated rings. The van der Waals surface area contributed by atoms with Gasteiger partial charge >= 0.3 is 6.09 Å². The van der Waals surface area contributed by atoms with Crippen LogP contribution in [-0.4, -0.2) is 12.2 Å². The van der Waals surface area contributed by atoms with Gasteiger partial charge < -0.3 is 10.5 Å². The molecule has 2 N–H and O–H groups in total. The van der Waals surface area contributed by atoms with Crippen LogP contribution in [0, 0.1) is 11.3 Å². The van der Waals surface area contributed by atoms with Gasteiger partial charge in [-0.05, 0) is 6.42 Å². The van der Waals surface area contributed by atoms with E-state index in [1.165, 1.54) is 0 Å². The molecular weight excluding hydrogens is 120 g/mol. The van der Waals surface area contributed by atoms with Crippen LogP contribution < -0.4 is 5.73 Å². The molecule has 9 heavy (non-hydrogen) atoms. The molecule has 0 rings (SSSR count). The molecule has 1 unspecified atom stereocenters. The van der Waals surface area contributed by atoms with Crippen LogP contribution in [-0.2, 0) is 4.74 Å².